The van der Waals surface area contributed by atoms with E-state index in [2.05, 4.69) is 15.0 Å². The molecule has 136 valence electrons. The molecule has 0 spiro atoms. The van der Waals surface area contributed by atoms with Crippen LogP contribution in [0.3, 0.4) is 0 Å². The van der Waals surface area contributed by atoms with Crippen molar-refractivity contribution in [3.63, 3.8) is 0 Å². The Labute approximate surface area is 156 Å². The molecule has 0 aliphatic heterocycles. The van der Waals surface area contributed by atoms with Crippen molar-refractivity contribution in [2.24, 2.45) is 0 Å². The molecule has 4 aromatic rings. The third-order valence-corrected chi connectivity index (χ3v) is 4.20. The lowest BCUT2D eigenvalue weighted by molar-refractivity contribution is 0.181. The average molecular weight is 361 g/mol. The summed E-state index contributed by atoms with van der Waals surface area (Å²) < 4.78 is 11.0. The number of aliphatic hydroxyl groups excluding tert-OH is 1. The maximum absolute atomic E-state index is 9.13. The van der Waals surface area contributed by atoms with Crippen LogP contribution in [-0.2, 0) is 18.0 Å². The third kappa shape index (κ3) is 3.81. The molecule has 0 aliphatic rings. The van der Waals surface area contributed by atoms with E-state index in [1.807, 2.05) is 48.5 Å². The fourth-order valence-electron chi connectivity index (χ4n) is 2.83. The lowest BCUT2D eigenvalue weighted by atomic mass is 10.2. The van der Waals surface area contributed by atoms with Crippen molar-refractivity contribution < 1.29 is 14.6 Å². The van der Waals surface area contributed by atoms with E-state index >= 15 is 0 Å². The van der Waals surface area contributed by atoms with Gasteiger partial charge in [0.05, 0.1) is 36.5 Å². The number of aromatic nitrogens is 3. The van der Waals surface area contributed by atoms with E-state index in [0.29, 0.717) is 12.4 Å². The first-order valence-corrected chi connectivity index (χ1v) is 8.56. The van der Waals surface area contributed by atoms with Gasteiger partial charge in [0.1, 0.15) is 11.5 Å². The molecule has 2 N–H and O–H groups in total. The van der Waals surface area contributed by atoms with Crippen LogP contribution in [0.5, 0.6) is 11.5 Å². The van der Waals surface area contributed by atoms with Crippen LogP contribution in [0.4, 0.5) is 0 Å². The molecule has 0 saturated carbocycles. The van der Waals surface area contributed by atoms with Gasteiger partial charge in [0.25, 0.3) is 0 Å². The summed E-state index contributed by atoms with van der Waals surface area (Å²) >= 11 is 0. The monoisotopic (exact) mass is 361 g/mol. The van der Waals surface area contributed by atoms with Crippen molar-refractivity contribution in [2.75, 3.05) is 7.11 Å². The highest BCUT2D eigenvalue weighted by molar-refractivity contribution is 5.86. The Bertz CT molecular complexity index is 1040. The summed E-state index contributed by atoms with van der Waals surface area (Å²) in [6, 6.07) is 15.4. The number of pyridine rings is 2. The van der Waals surface area contributed by atoms with Crippen LogP contribution < -0.4 is 4.74 Å². The Kier molecular flexibility index (Phi) is 4.82. The molecule has 0 unspecified atom stereocenters. The van der Waals surface area contributed by atoms with Gasteiger partial charge >= 0.3 is 0 Å². The van der Waals surface area contributed by atoms with Gasteiger partial charge in [-0.15, -0.1) is 0 Å². The first kappa shape index (κ1) is 17.2. The molecule has 0 fully saturated rings. The number of nitrogens with zero attached hydrogens (tertiary/aromatic N) is 2. The standard InChI is InChI=1S/C21H19N3O3/c1-26-13-16-3-4-18(11-22-16)27-17-5-7-19-15(8-17)9-21(24-19)20-6-2-14(12-25)10-23-20/h2-11,24-25H,12-13H2,1H3. The Morgan fingerprint density at radius 2 is 1.85 bits per heavy atom. The molecule has 3 aromatic heterocycles. The number of methoxy groups -OCH3 is 1. The Hall–Kier alpha value is -3.22. The quantitative estimate of drug-likeness (QED) is 0.541. The fraction of sp³-hybridized carbons (Fsp3) is 0.143. The molecule has 0 bridgehead atoms. The van der Waals surface area contributed by atoms with Gasteiger partial charge in [-0.1, -0.05) is 6.07 Å². The van der Waals surface area contributed by atoms with Gasteiger partial charge in [0.2, 0.25) is 0 Å². The number of H-pyrrole nitrogens is 1. The number of benzene rings is 1. The predicted octanol–water partition coefficient (Wildman–Crippen LogP) is 4.06. The normalized spacial score (nSPS) is 11.0. The van der Waals surface area contributed by atoms with Crippen molar-refractivity contribution in [2.45, 2.75) is 13.2 Å². The molecular weight excluding hydrogens is 342 g/mol. The van der Waals surface area contributed by atoms with Crippen molar-refractivity contribution >= 4 is 10.9 Å². The molecule has 0 atom stereocenters. The minimum Gasteiger partial charge on any atom is -0.456 e. The zero-order valence-corrected chi connectivity index (χ0v) is 14.8. The highest BCUT2D eigenvalue weighted by Crippen LogP contribution is 2.28. The fourth-order valence-corrected chi connectivity index (χ4v) is 2.83. The van der Waals surface area contributed by atoms with Crippen molar-refractivity contribution in [3.05, 3.63) is 72.2 Å². The Morgan fingerprint density at radius 3 is 2.56 bits per heavy atom. The molecule has 4 rings (SSSR count). The number of hydrogen-bond acceptors (Lipinski definition) is 5. The molecule has 27 heavy (non-hydrogen) atoms. The molecule has 0 saturated heterocycles. The van der Waals surface area contributed by atoms with Gasteiger partial charge in [0.15, 0.2) is 0 Å². The number of ether oxygens (including phenoxy) is 2. The van der Waals surface area contributed by atoms with E-state index in [0.717, 1.165) is 39.3 Å². The molecule has 0 amide bonds. The summed E-state index contributed by atoms with van der Waals surface area (Å²) in [7, 11) is 1.64. The largest absolute Gasteiger partial charge is 0.456 e. The maximum atomic E-state index is 9.13. The van der Waals surface area contributed by atoms with Gasteiger partial charge < -0.3 is 19.6 Å². The summed E-state index contributed by atoms with van der Waals surface area (Å²) in [5.41, 5.74) is 4.38. The number of nitrogens with one attached hydrogen (secondary N) is 1. The minimum absolute atomic E-state index is 0.0119. The lowest BCUT2D eigenvalue weighted by Crippen LogP contribution is -1.92. The molecule has 1 aromatic carbocycles. The number of hydrogen-bond donors (Lipinski definition) is 2. The predicted molar refractivity (Wildman–Crippen MR) is 102 cm³/mol. The highest BCUT2D eigenvalue weighted by atomic mass is 16.5. The van der Waals surface area contributed by atoms with Crippen LogP contribution in [0.1, 0.15) is 11.3 Å². The zero-order valence-electron chi connectivity index (χ0n) is 14.8. The summed E-state index contributed by atoms with van der Waals surface area (Å²) in [4.78, 5) is 12.0. The number of aliphatic hydroxyl groups is 1. The number of fused-ring (bicyclic) bond motifs is 1. The topological polar surface area (TPSA) is 80.3 Å². The van der Waals surface area contributed by atoms with Gasteiger partial charge in [-0.05, 0) is 48.0 Å². The molecule has 6 heteroatoms. The summed E-state index contributed by atoms with van der Waals surface area (Å²) in [5, 5.41) is 10.2. The van der Waals surface area contributed by atoms with E-state index in [4.69, 9.17) is 14.6 Å². The van der Waals surface area contributed by atoms with Crippen LogP contribution in [0, 0.1) is 0 Å². The van der Waals surface area contributed by atoms with Crippen LogP contribution in [0.15, 0.2) is 60.9 Å². The minimum atomic E-state index is -0.0119. The van der Waals surface area contributed by atoms with Crippen LogP contribution in [-0.4, -0.2) is 27.2 Å². The molecule has 0 radical (unpaired) electrons. The van der Waals surface area contributed by atoms with Crippen molar-refractivity contribution in [1.29, 1.82) is 0 Å². The Morgan fingerprint density at radius 1 is 0.963 bits per heavy atom. The van der Waals surface area contributed by atoms with Gasteiger partial charge in [-0.2, -0.15) is 0 Å². The average Bonchev–Trinajstić information content (AvgIpc) is 3.13. The summed E-state index contributed by atoms with van der Waals surface area (Å²) in [5.74, 6) is 1.41. The van der Waals surface area contributed by atoms with E-state index in [-0.39, 0.29) is 6.61 Å². The van der Waals surface area contributed by atoms with Gasteiger partial charge in [0, 0.05) is 24.2 Å². The Balaban J connectivity index is 1.56. The van der Waals surface area contributed by atoms with E-state index in [1.54, 1.807) is 19.5 Å². The maximum Gasteiger partial charge on any atom is 0.145 e. The number of aromatic amines is 1. The van der Waals surface area contributed by atoms with Crippen molar-refractivity contribution in [1.82, 2.24) is 15.0 Å². The lowest BCUT2D eigenvalue weighted by Gasteiger charge is -2.06. The zero-order chi connectivity index (χ0) is 18.6. The first-order valence-electron chi connectivity index (χ1n) is 8.56. The molecule has 0 aliphatic carbocycles. The first-order chi connectivity index (χ1) is 13.2. The molecular formula is C21H19N3O3. The summed E-state index contributed by atoms with van der Waals surface area (Å²) in [6.45, 7) is 0.466. The van der Waals surface area contributed by atoms with E-state index in [1.165, 1.54) is 0 Å². The number of rotatable bonds is 6. The highest BCUT2D eigenvalue weighted by Gasteiger charge is 2.07. The SMILES string of the molecule is COCc1ccc(Oc2ccc3[nH]c(-c4ccc(CO)cn4)cc3c2)cn1. The van der Waals surface area contributed by atoms with E-state index < -0.39 is 0 Å². The van der Waals surface area contributed by atoms with E-state index in [9.17, 15) is 0 Å². The second-order valence-electron chi connectivity index (χ2n) is 6.16. The molecule has 3 heterocycles. The summed E-state index contributed by atoms with van der Waals surface area (Å²) in [6.07, 6.45) is 3.36. The smallest absolute Gasteiger partial charge is 0.145 e. The second kappa shape index (κ2) is 7.57. The second-order valence-corrected chi connectivity index (χ2v) is 6.16. The third-order valence-electron chi connectivity index (χ3n) is 4.20. The molecule has 6 nitrogen and oxygen atoms in total. The van der Waals surface area contributed by atoms with Gasteiger partial charge in [-0.3, -0.25) is 9.97 Å². The van der Waals surface area contributed by atoms with Crippen LogP contribution in [0.2, 0.25) is 0 Å². The van der Waals surface area contributed by atoms with Crippen molar-refractivity contribution in [3.8, 4) is 22.9 Å². The van der Waals surface area contributed by atoms with Gasteiger partial charge in [-0.25, -0.2) is 0 Å². The van der Waals surface area contributed by atoms with Crippen LogP contribution >= 0.6 is 0 Å². The van der Waals surface area contributed by atoms with Crippen LogP contribution in [0.25, 0.3) is 22.3 Å².